The number of halogens is 1. The Hall–Kier alpha value is -8.41. The van der Waals surface area contributed by atoms with Crippen molar-refractivity contribution in [1.82, 2.24) is 47.5 Å². The Kier molecular flexibility index (Phi) is 40.1. The Bertz CT molecular complexity index is 2720. The Morgan fingerprint density at radius 3 is 1.65 bits per heavy atom. The molecule has 1 heterocycles. The second-order valence-corrected chi connectivity index (χ2v) is 19.6. The van der Waals surface area contributed by atoms with Gasteiger partial charge in [-0.1, -0.05) is 24.3 Å². The maximum Gasteiger partial charge on any atom is 0.326 e. The lowest BCUT2D eigenvalue weighted by atomic mass is 10.0. The lowest BCUT2D eigenvalue weighted by Gasteiger charge is -2.20. The first kappa shape index (κ1) is 76.8. The zero-order chi connectivity index (χ0) is 66.3. The van der Waals surface area contributed by atoms with E-state index in [9.17, 15) is 47.9 Å². The molecule has 0 aliphatic carbocycles. The zero-order valence-corrected chi connectivity index (χ0v) is 51.0. The molecule has 0 aliphatic rings. The molecular weight excluding hydrogens is 1200 g/mol. The molecule has 0 radical (unpaired) electrons. The van der Waals surface area contributed by atoms with Crippen molar-refractivity contribution in [3.8, 4) is 5.75 Å². The quantitative estimate of drug-likeness (QED) is 0.00727. The number of aromatic amines is 1. The highest BCUT2D eigenvalue weighted by atomic mass is 19.1. The average molecular weight is 1290 g/mol. The number of hydrogen-bond donors (Lipinski definition) is 15. The van der Waals surface area contributed by atoms with Gasteiger partial charge in [-0.3, -0.25) is 44.4 Å². The fourth-order valence-electron chi connectivity index (χ4n) is 7.92. The number of fused-ring (bicyclic) bond motifs is 1. The molecule has 0 spiro atoms. The number of aliphatic carboxylic acids is 1. The fourth-order valence-corrected chi connectivity index (χ4v) is 7.92. The third-order valence-electron chi connectivity index (χ3n) is 12.4. The van der Waals surface area contributed by atoms with Crippen molar-refractivity contribution in [1.29, 1.82) is 10.8 Å². The highest BCUT2D eigenvalue weighted by Gasteiger charge is 2.26. The summed E-state index contributed by atoms with van der Waals surface area (Å²) in [5, 5.41) is 45.9. The third kappa shape index (κ3) is 36.8. The smallest absolute Gasteiger partial charge is 0.326 e. The normalized spacial score (nSPS) is 12.2. The molecule has 506 valence electrons. The average Bonchev–Trinajstić information content (AvgIpc) is 1.82. The summed E-state index contributed by atoms with van der Waals surface area (Å²) < 4.78 is 62.3. The van der Waals surface area contributed by atoms with Crippen LogP contribution in [0.5, 0.6) is 5.75 Å². The van der Waals surface area contributed by atoms with Gasteiger partial charge in [-0.2, -0.15) is 0 Å². The van der Waals surface area contributed by atoms with Crippen LogP contribution in [0.1, 0.15) is 50.5 Å². The number of carbonyl (C=O) groups excluding carboxylic acids is 7. The Balaban J connectivity index is 1.42. The molecule has 18 N–H and O–H groups in total. The number of benzene rings is 2. The van der Waals surface area contributed by atoms with Crippen molar-refractivity contribution >= 4 is 70.2 Å². The first-order valence-corrected chi connectivity index (χ1v) is 29.6. The lowest BCUT2D eigenvalue weighted by molar-refractivity contribution is -0.141. The molecule has 0 bridgehead atoms. The van der Waals surface area contributed by atoms with Crippen molar-refractivity contribution in [3.63, 3.8) is 0 Å². The molecule has 91 heavy (non-hydrogen) atoms. The summed E-state index contributed by atoms with van der Waals surface area (Å²) in [6.07, 6.45) is 2.41. The van der Waals surface area contributed by atoms with Crippen molar-refractivity contribution in [2.24, 2.45) is 17.2 Å². The molecule has 1 aromatic heterocycles. The number of rotatable bonds is 52. The van der Waals surface area contributed by atoms with E-state index in [1.807, 2.05) is 12.1 Å². The predicted octanol–water partition coefficient (Wildman–Crippen LogP) is -1.99. The van der Waals surface area contributed by atoms with Gasteiger partial charge in [0, 0.05) is 69.0 Å². The van der Waals surface area contributed by atoms with E-state index in [0.717, 1.165) is 23.0 Å². The van der Waals surface area contributed by atoms with E-state index in [2.05, 4.69) is 47.5 Å². The number of ether oxygens (including phenoxy) is 9. The van der Waals surface area contributed by atoms with Crippen LogP contribution in [0.4, 0.5) is 4.39 Å². The van der Waals surface area contributed by atoms with E-state index < -0.39 is 77.9 Å². The summed E-state index contributed by atoms with van der Waals surface area (Å²) in [5.74, 6) is -7.49. The van der Waals surface area contributed by atoms with Gasteiger partial charge in [0.05, 0.1) is 112 Å². The zero-order valence-electron chi connectivity index (χ0n) is 51.0. The number of nitrogens with two attached hydrogens (primary N) is 3. The summed E-state index contributed by atoms with van der Waals surface area (Å²) >= 11 is 0. The highest BCUT2D eigenvalue weighted by Crippen LogP contribution is 2.19. The van der Waals surface area contributed by atoms with Crippen LogP contribution in [0.25, 0.3) is 10.9 Å². The number of esters is 1. The molecule has 3 aromatic rings. The van der Waals surface area contributed by atoms with E-state index in [-0.39, 0.29) is 141 Å². The maximum absolute atomic E-state index is 13.8. The highest BCUT2D eigenvalue weighted by molar-refractivity contribution is 6.01. The van der Waals surface area contributed by atoms with Crippen molar-refractivity contribution in [2.45, 2.75) is 69.5 Å². The number of nitrogens with one attached hydrogen (secondary N) is 11. The van der Waals surface area contributed by atoms with Crippen LogP contribution < -0.4 is 64.5 Å². The number of H-pyrrole nitrogens is 1. The number of amides is 6. The van der Waals surface area contributed by atoms with Gasteiger partial charge in [-0.15, -0.1) is 0 Å². The van der Waals surface area contributed by atoms with E-state index in [1.165, 1.54) is 18.2 Å². The minimum absolute atomic E-state index is 0.00453. The van der Waals surface area contributed by atoms with E-state index in [4.69, 9.17) is 70.7 Å². The molecule has 0 saturated heterocycles. The monoisotopic (exact) mass is 1290 g/mol. The van der Waals surface area contributed by atoms with Gasteiger partial charge < -0.3 is 112 Å². The Labute approximate surface area is 526 Å². The van der Waals surface area contributed by atoms with Crippen LogP contribution in [0.2, 0.25) is 0 Å². The van der Waals surface area contributed by atoms with Crippen molar-refractivity contribution in [2.75, 3.05) is 138 Å². The van der Waals surface area contributed by atoms with Crippen LogP contribution in [0, 0.1) is 16.6 Å². The van der Waals surface area contributed by atoms with E-state index in [0.29, 0.717) is 71.6 Å². The first-order chi connectivity index (χ1) is 43.9. The van der Waals surface area contributed by atoms with Crippen molar-refractivity contribution in [3.05, 3.63) is 77.9 Å². The first-order valence-electron chi connectivity index (χ1n) is 29.6. The van der Waals surface area contributed by atoms with Gasteiger partial charge in [-0.05, 0) is 61.6 Å². The number of carboxylic acids is 1. The van der Waals surface area contributed by atoms with E-state index in [1.54, 1.807) is 18.3 Å². The van der Waals surface area contributed by atoms with Crippen LogP contribution in [-0.4, -0.2) is 226 Å². The second-order valence-electron chi connectivity index (χ2n) is 19.6. The topological polar surface area (TPSA) is 478 Å². The van der Waals surface area contributed by atoms with Gasteiger partial charge >= 0.3 is 11.9 Å². The molecular formula is C58H89FN14O18. The predicted molar refractivity (Wildman–Crippen MR) is 327 cm³/mol. The molecule has 3 rings (SSSR count). The molecule has 0 aliphatic heterocycles. The minimum Gasteiger partial charge on any atom is -0.480 e. The molecule has 32 nitrogen and oxygen atoms in total. The van der Waals surface area contributed by atoms with Gasteiger partial charge in [0.15, 0.2) is 11.9 Å². The van der Waals surface area contributed by atoms with Crippen molar-refractivity contribution < 1.29 is 90.5 Å². The van der Waals surface area contributed by atoms with Crippen LogP contribution in [-0.2, 0) is 82.7 Å². The van der Waals surface area contributed by atoms with Crippen LogP contribution in [0.3, 0.4) is 0 Å². The summed E-state index contributed by atoms with van der Waals surface area (Å²) in [6, 6.07) is 8.26. The molecule has 0 unspecified atom stereocenters. The largest absolute Gasteiger partial charge is 0.480 e. The SMILES string of the molecule is N=C(N)NCC/C=C(\NC(=O)[C@H](CCCNC(=N)N)NC(=O)CCOCCOCCNC(=O)[C@@H](CCC(=O)Oc1ccc(F)cc1)NC(=O)CCOCCOCCOCCOCCOCCOCCN)C(=O)NCC(=O)N[C@@H](Cc1c[nH]c2ccccc12)C(=O)O. The van der Waals surface area contributed by atoms with Crippen LogP contribution in [0.15, 0.2) is 66.5 Å². The minimum atomic E-state index is -1.35. The Morgan fingerprint density at radius 2 is 1.09 bits per heavy atom. The molecule has 0 fully saturated rings. The fraction of sp³-hybridized carbons (Fsp3) is 0.552. The number of aromatic nitrogens is 1. The number of carbonyl (C=O) groups is 8. The summed E-state index contributed by atoms with van der Waals surface area (Å²) in [4.78, 5) is 107. The molecule has 2 aromatic carbocycles. The van der Waals surface area contributed by atoms with Crippen LogP contribution >= 0.6 is 0 Å². The number of hydrogen-bond acceptors (Lipinski definition) is 20. The third-order valence-corrected chi connectivity index (χ3v) is 12.4. The maximum atomic E-state index is 13.8. The van der Waals surface area contributed by atoms with Gasteiger partial charge in [0.2, 0.25) is 29.5 Å². The van der Waals surface area contributed by atoms with Gasteiger partial charge in [0.25, 0.3) is 5.91 Å². The summed E-state index contributed by atoms with van der Waals surface area (Å²) in [6.45, 7) is 4.11. The van der Waals surface area contributed by atoms with E-state index >= 15 is 0 Å². The number of carboxylic acid groups (broad SMARTS) is 1. The second kappa shape index (κ2) is 47.5. The molecule has 33 heteroatoms. The number of para-hydroxylation sites is 1. The lowest BCUT2D eigenvalue weighted by Crippen LogP contribution is -2.50. The summed E-state index contributed by atoms with van der Waals surface area (Å²) in [5.41, 5.74) is 17.2. The van der Waals surface area contributed by atoms with Gasteiger partial charge in [-0.25, -0.2) is 9.18 Å². The standard InChI is InChI=1S/C58H89FN14O18/c59-41-9-11-42(12-10-41)91-52(77)14-13-47(71-50(75)16-22-84-26-29-87-31-33-89-35-36-90-34-32-88-30-27-85-23-17-60)53(78)65-20-24-86-28-25-83-21-15-49(74)70-46(8-4-19-67-58(63)64)55(80)73-45(7-3-18-66-57(61)62)54(79)69-39-51(76)72-48(56(81)82)37-40-38-68-44-6-2-1-5-43(40)44/h1-2,5-7,9-12,38,46-48,68H,3-4,8,13-37,39,60H2,(H,65,78)(H,69,79)(H,70,74)(H,71,75)(H,72,76)(H,73,80)(H,81,82)(H4,61,62,66)(H4,63,64,67)/b45-7-/t46-,47+,48-/m0/s1. The molecule has 0 saturated carbocycles. The Morgan fingerprint density at radius 1 is 0.571 bits per heavy atom. The van der Waals surface area contributed by atoms with Gasteiger partial charge in [0.1, 0.15) is 35.4 Å². The summed E-state index contributed by atoms with van der Waals surface area (Å²) in [7, 11) is 0. The number of guanidine groups is 2. The molecule has 6 amide bonds. The molecule has 3 atom stereocenters.